The van der Waals surface area contributed by atoms with Crippen molar-refractivity contribution in [3.8, 4) is 11.3 Å². The third kappa shape index (κ3) is 3.15. The lowest BCUT2D eigenvalue weighted by molar-refractivity contribution is 0.588. The second-order valence-corrected chi connectivity index (χ2v) is 7.55. The van der Waals surface area contributed by atoms with Crippen molar-refractivity contribution < 1.29 is 12.8 Å². The molecule has 0 unspecified atom stereocenters. The summed E-state index contributed by atoms with van der Waals surface area (Å²) in [5.41, 5.74) is 1.39. The molecule has 1 aromatic heterocycles. The van der Waals surface area contributed by atoms with Gasteiger partial charge in [-0.1, -0.05) is 18.2 Å². The van der Waals surface area contributed by atoms with Crippen LogP contribution < -0.4 is 10.6 Å². The number of hydrogen-bond acceptors (Lipinski definition) is 4. The molecule has 0 spiro atoms. The van der Waals surface area contributed by atoms with Crippen LogP contribution in [0.2, 0.25) is 0 Å². The summed E-state index contributed by atoms with van der Waals surface area (Å²) in [7, 11) is -1.95. The maximum absolute atomic E-state index is 14.2. The standard InChI is InChI=1S/C17H20FN3O2S/c1-19-10-13-9-17(15-6-2-3-7-16(15)18)21(12-13)24(22,23)14-5-4-8-20-11-14/h2-3,5-7,9,12,19-20H,4,8,10-11H2,1H3. The fourth-order valence-corrected chi connectivity index (χ4v) is 4.35. The van der Waals surface area contributed by atoms with Gasteiger partial charge in [0.15, 0.2) is 0 Å². The van der Waals surface area contributed by atoms with Gasteiger partial charge in [-0.25, -0.2) is 16.8 Å². The molecule has 1 aliphatic heterocycles. The molecule has 0 aliphatic carbocycles. The molecule has 0 radical (unpaired) electrons. The number of benzene rings is 1. The van der Waals surface area contributed by atoms with E-state index in [0.717, 1.165) is 12.1 Å². The first-order valence-electron chi connectivity index (χ1n) is 7.80. The van der Waals surface area contributed by atoms with Crippen LogP contribution in [0.15, 0.2) is 47.5 Å². The third-order valence-electron chi connectivity index (χ3n) is 3.96. The van der Waals surface area contributed by atoms with Crippen LogP contribution in [-0.2, 0) is 16.6 Å². The molecular weight excluding hydrogens is 329 g/mol. The molecule has 7 heteroatoms. The average molecular weight is 349 g/mol. The van der Waals surface area contributed by atoms with E-state index in [4.69, 9.17) is 0 Å². The first kappa shape index (κ1) is 16.9. The Hall–Kier alpha value is -1.96. The van der Waals surface area contributed by atoms with Crippen molar-refractivity contribution in [1.82, 2.24) is 14.6 Å². The zero-order valence-electron chi connectivity index (χ0n) is 13.4. The number of rotatable bonds is 5. The summed E-state index contributed by atoms with van der Waals surface area (Å²) in [4.78, 5) is 0.318. The van der Waals surface area contributed by atoms with Gasteiger partial charge >= 0.3 is 0 Å². The minimum atomic E-state index is -3.73. The SMILES string of the molecule is CNCc1cc(-c2ccccc2F)n(S(=O)(=O)C2=CCCNC2)c1. The Morgan fingerprint density at radius 2 is 2.12 bits per heavy atom. The van der Waals surface area contributed by atoms with Crippen LogP contribution >= 0.6 is 0 Å². The van der Waals surface area contributed by atoms with Gasteiger partial charge in [-0.2, -0.15) is 0 Å². The van der Waals surface area contributed by atoms with Crippen molar-refractivity contribution in [2.24, 2.45) is 0 Å². The van der Waals surface area contributed by atoms with E-state index in [2.05, 4.69) is 10.6 Å². The van der Waals surface area contributed by atoms with Crippen LogP contribution in [0, 0.1) is 5.82 Å². The van der Waals surface area contributed by atoms with Gasteiger partial charge in [-0.15, -0.1) is 0 Å². The van der Waals surface area contributed by atoms with E-state index in [9.17, 15) is 12.8 Å². The number of halogens is 1. The van der Waals surface area contributed by atoms with Crippen LogP contribution in [0.25, 0.3) is 11.3 Å². The van der Waals surface area contributed by atoms with Gasteiger partial charge in [0.1, 0.15) is 5.82 Å². The Balaban J connectivity index is 2.16. The predicted octanol–water partition coefficient (Wildman–Crippen LogP) is 2.07. The van der Waals surface area contributed by atoms with Gasteiger partial charge in [-0.3, -0.25) is 0 Å². The first-order valence-corrected chi connectivity index (χ1v) is 9.24. The molecule has 2 heterocycles. The van der Waals surface area contributed by atoms with Crippen LogP contribution in [0.3, 0.4) is 0 Å². The van der Waals surface area contributed by atoms with Crippen molar-refractivity contribution in [1.29, 1.82) is 0 Å². The van der Waals surface area contributed by atoms with Crippen molar-refractivity contribution in [2.75, 3.05) is 20.1 Å². The molecule has 1 aliphatic rings. The predicted molar refractivity (Wildman–Crippen MR) is 92.5 cm³/mol. The molecule has 0 bridgehead atoms. The van der Waals surface area contributed by atoms with Gasteiger partial charge in [0, 0.05) is 24.8 Å². The lowest BCUT2D eigenvalue weighted by Crippen LogP contribution is -2.29. The number of aromatic nitrogens is 1. The smallest absolute Gasteiger partial charge is 0.265 e. The van der Waals surface area contributed by atoms with E-state index in [-0.39, 0.29) is 5.56 Å². The van der Waals surface area contributed by atoms with Gasteiger partial charge in [0.2, 0.25) is 0 Å². The van der Waals surface area contributed by atoms with Crippen LogP contribution in [0.4, 0.5) is 4.39 Å². The van der Waals surface area contributed by atoms with Crippen molar-refractivity contribution in [2.45, 2.75) is 13.0 Å². The van der Waals surface area contributed by atoms with Gasteiger partial charge in [0.25, 0.3) is 10.0 Å². The Labute approximate surface area is 141 Å². The van der Waals surface area contributed by atoms with Crippen LogP contribution in [-0.4, -0.2) is 32.5 Å². The molecule has 0 saturated carbocycles. The lowest BCUT2D eigenvalue weighted by atomic mass is 10.1. The minimum absolute atomic E-state index is 0.271. The molecule has 0 fully saturated rings. The summed E-state index contributed by atoms with van der Waals surface area (Å²) in [6.07, 6.45) is 3.95. The molecule has 0 atom stereocenters. The highest BCUT2D eigenvalue weighted by Gasteiger charge is 2.25. The molecule has 1 aromatic carbocycles. The summed E-state index contributed by atoms with van der Waals surface area (Å²) in [5.74, 6) is -0.446. The van der Waals surface area contributed by atoms with E-state index in [0.29, 0.717) is 30.1 Å². The van der Waals surface area contributed by atoms with E-state index in [1.54, 1.807) is 43.6 Å². The topological polar surface area (TPSA) is 63.1 Å². The fourth-order valence-electron chi connectivity index (χ4n) is 2.80. The molecule has 5 nitrogen and oxygen atoms in total. The fraction of sp³-hybridized carbons (Fsp3) is 0.294. The Morgan fingerprint density at radius 3 is 2.79 bits per heavy atom. The third-order valence-corrected chi connectivity index (χ3v) is 5.75. The van der Waals surface area contributed by atoms with Crippen molar-refractivity contribution >= 4 is 10.0 Å². The Bertz CT molecular complexity index is 872. The number of nitrogens with one attached hydrogen (secondary N) is 2. The summed E-state index contributed by atoms with van der Waals surface area (Å²) >= 11 is 0. The van der Waals surface area contributed by atoms with E-state index in [1.807, 2.05) is 0 Å². The quantitative estimate of drug-likeness (QED) is 0.867. The highest BCUT2D eigenvalue weighted by Crippen LogP contribution is 2.29. The average Bonchev–Trinajstić information content (AvgIpc) is 3.01. The van der Waals surface area contributed by atoms with Crippen molar-refractivity contribution in [3.63, 3.8) is 0 Å². The minimum Gasteiger partial charge on any atom is -0.316 e. The second kappa shape index (κ2) is 6.88. The molecule has 0 saturated heterocycles. The largest absolute Gasteiger partial charge is 0.316 e. The number of nitrogens with zero attached hydrogens (tertiary/aromatic N) is 1. The van der Waals surface area contributed by atoms with Crippen LogP contribution in [0.1, 0.15) is 12.0 Å². The summed E-state index contributed by atoms with van der Waals surface area (Å²) in [6, 6.07) is 7.92. The molecular formula is C17H20FN3O2S. The van der Waals surface area contributed by atoms with E-state index in [1.165, 1.54) is 10.0 Å². The van der Waals surface area contributed by atoms with E-state index >= 15 is 0 Å². The maximum atomic E-state index is 14.2. The van der Waals surface area contributed by atoms with E-state index < -0.39 is 15.8 Å². The zero-order chi connectivity index (χ0) is 17.2. The van der Waals surface area contributed by atoms with Gasteiger partial charge in [0.05, 0.1) is 10.6 Å². The molecule has 0 amide bonds. The molecule has 2 aromatic rings. The Morgan fingerprint density at radius 1 is 1.33 bits per heavy atom. The molecule has 2 N–H and O–H groups in total. The monoisotopic (exact) mass is 349 g/mol. The molecule has 128 valence electrons. The highest BCUT2D eigenvalue weighted by molar-refractivity contribution is 7.93. The summed E-state index contributed by atoms with van der Waals surface area (Å²) in [6.45, 7) is 1.55. The van der Waals surface area contributed by atoms with Gasteiger partial charge < -0.3 is 10.6 Å². The Kier molecular flexibility index (Phi) is 4.84. The second-order valence-electron chi connectivity index (χ2n) is 5.68. The summed E-state index contributed by atoms with van der Waals surface area (Å²) in [5, 5.41) is 6.06. The summed E-state index contributed by atoms with van der Waals surface area (Å²) < 4.78 is 41.5. The molecule has 24 heavy (non-hydrogen) atoms. The normalized spacial score (nSPS) is 15.3. The first-order chi connectivity index (χ1) is 11.5. The zero-order valence-corrected chi connectivity index (χ0v) is 14.2. The van der Waals surface area contributed by atoms with Gasteiger partial charge in [-0.05, 0) is 43.8 Å². The van der Waals surface area contributed by atoms with Crippen LogP contribution in [0.5, 0.6) is 0 Å². The maximum Gasteiger partial charge on any atom is 0.265 e. The number of hydrogen-bond donors (Lipinski definition) is 2. The molecule has 3 rings (SSSR count). The van der Waals surface area contributed by atoms with Crippen molar-refractivity contribution in [3.05, 3.63) is 58.9 Å². The highest BCUT2D eigenvalue weighted by atomic mass is 32.2. The lowest BCUT2D eigenvalue weighted by Gasteiger charge is -2.17.